The van der Waals surface area contributed by atoms with E-state index in [0.29, 0.717) is 38.4 Å². The van der Waals surface area contributed by atoms with Crippen molar-refractivity contribution in [2.45, 2.75) is 76.0 Å². The molecule has 2 atom stereocenters. The normalized spacial score (nSPS) is 26.6. The Hall–Kier alpha value is -1.43. The number of piperidine rings is 1. The molecule has 0 unspecified atom stereocenters. The van der Waals surface area contributed by atoms with E-state index in [0.717, 1.165) is 12.1 Å². The van der Waals surface area contributed by atoms with Gasteiger partial charge in [0.05, 0.1) is 12.6 Å². The summed E-state index contributed by atoms with van der Waals surface area (Å²) in [6, 6.07) is 10.5. The van der Waals surface area contributed by atoms with Crippen molar-refractivity contribution in [3.8, 4) is 0 Å². The lowest BCUT2D eigenvalue weighted by atomic mass is 9.86. The predicted octanol–water partition coefficient (Wildman–Crippen LogP) is 2.60. The van der Waals surface area contributed by atoms with E-state index in [4.69, 9.17) is 0 Å². The Morgan fingerprint density at radius 2 is 1.89 bits per heavy atom. The molecule has 2 N–H and O–H groups in total. The van der Waals surface area contributed by atoms with Gasteiger partial charge in [0.25, 0.3) is 0 Å². The van der Waals surface area contributed by atoms with Crippen LogP contribution in [0.3, 0.4) is 0 Å². The van der Waals surface area contributed by atoms with Gasteiger partial charge in [0, 0.05) is 25.6 Å². The minimum absolute atomic E-state index is 0.0647. The van der Waals surface area contributed by atoms with Crippen molar-refractivity contribution < 1.29 is 15.0 Å². The Bertz CT molecular complexity index is 618. The molecule has 1 saturated heterocycles. The zero-order chi connectivity index (χ0) is 20.0. The highest BCUT2D eigenvalue weighted by molar-refractivity contribution is 5.76. The fourth-order valence-electron chi connectivity index (χ4n) is 4.78. The number of aryl methyl sites for hydroxylation is 1. The first-order valence-corrected chi connectivity index (χ1v) is 11.0. The molecule has 1 aliphatic heterocycles. The average Bonchev–Trinajstić information content (AvgIpc) is 2.74. The maximum Gasteiger partial charge on any atom is 0.223 e. The molecule has 1 aromatic carbocycles. The molecule has 0 spiro atoms. The second kappa shape index (κ2) is 9.86. The summed E-state index contributed by atoms with van der Waals surface area (Å²) in [6.07, 6.45) is 6.93. The van der Waals surface area contributed by atoms with Crippen LogP contribution in [0.4, 0.5) is 0 Å². The van der Waals surface area contributed by atoms with Crippen molar-refractivity contribution in [2.75, 3.05) is 26.2 Å². The molecule has 1 amide bonds. The van der Waals surface area contributed by atoms with Gasteiger partial charge in [-0.25, -0.2) is 0 Å². The minimum Gasteiger partial charge on any atom is -0.390 e. The van der Waals surface area contributed by atoms with Gasteiger partial charge < -0.3 is 15.1 Å². The van der Waals surface area contributed by atoms with Gasteiger partial charge in [-0.05, 0) is 37.8 Å². The van der Waals surface area contributed by atoms with E-state index >= 15 is 0 Å². The Kier molecular flexibility index (Phi) is 7.49. The minimum atomic E-state index is -1.24. The fourth-order valence-corrected chi connectivity index (χ4v) is 4.78. The van der Waals surface area contributed by atoms with Crippen LogP contribution in [-0.2, 0) is 11.2 Å². The first-order chi connectivity index (χ1) is 13.5. The molecule has 3 rings (SSSR count). The van der Waals surface area contributed by atoms with Gasteiger partial charge in [0.1, 0.15) is 5.60 Å². The zero-order valence-corrected chi connectivity index (χ0v) is 17.2. The quantitative estimate of drug-likeness (QED) is 0.754. The van der Waals surface area contributed by atoms with Crippen molar-refractivity contribution in [3.05, 3.63) is 35.9 Å². The van der Waals surface area contributed by atoms with Crippen LogP contribution in [-0.4, -0.2) is 69.8 Å². The third kappa shape index (κ3) is 5.34. The SMILES string of the molecule is CCN(C[C@@]1(O)CN(C(=O)CCc2ccccc2)CC[C@@H]1O)C1CCCCC1. The van der Waals surface area contributed by atoms with Crippen LogP contribution >= 0.6 is 0 Å². The average molecular weight is 389 g/mol. The van der Waals surface area contributed by atoms with E-state index in [2.05, 4.69) is 11.8 Å². The second-order valence-electron chi connectivity index (χ2n) is 8.56. The number of rotatable bonds is 7. The van der Waals surface area contributed by atoms with Crippen LogP contribution in [0, 0.1) is 0 Å². The van der Waals surface area contributed by atoms with Gasteiger partial charge >= 0.3 is 0 Å². The summed E-state index contributed by atoms with van der Waals surface area (Å²) in [5.41, 5.74) is -0.0914. The van der Waals surface area contributed by atoms with E-state index in [1.54, 1.807) is 4.90 Å². The third-order valence-electron chi connectivity index (χ3n) is 6.55. The summed E-state index contributed by atoms with van der Waals surface area (Å²) in [6.45, 7) is 4.17. The summed E-state index contributed by atoms with van der Waals surface area (Å²) in [5, 5.41) is 21.9. The highest BCUT2D eigenvalue weighted by Crippen LogP contribution is 2.28. The van der Waals surface area contributed by atoms with E-state index in [1.807, 2.05) is 30.3 Å². The van der Waals surface area contributed by atoms with Crippen molar-refractivity contribution in [3.63, 3.8) is 0 Å². The molecular weight excluding hydrogens is 352 g/mol. The molecular formula is C23H36N2O3. The monoisotopic (exact) mass is 388 g/mol. The van der Waals surface area contributed by atoms with E-state index in [9.17, 15) is 15.0 Å². The molecule has 2 fully saturated rings. The number of hydrogen-bond donors (Lipinski definition) is 2. The first kappa shape index (κ1) is 21.3. The number of hydrogen-bond acceptors (Lipinski definition) is 4. The number of β-amino-alcohol motifs (C(OH)–C–C–N with tert-alkyl or cyclic N) is 1. The molecule has 1 heterocycles. The lowest BCUT2D eigenvalue weighted by molar-refractivity contribution is -0.158. The van der Waals surface area contributed by atoms with Crippen molar-refractivity contribution >= 4 is 5.91 Å². The molecule has 1 aliphatic carbocycles. The molecule has 1 saturated carbocycles. The maximum absolute atomic E-state index is 12.7. The maximum atomic E-state index is 12.7. The van der Waals surface area contributed by atoms with Crippen molar-refractivity contribution in [1.82, 2.24) is 9.80 Å². The van der Waals surface area contributed by atoms with Gasteiger partial charge in [-0.3, -0.25) is 9.69 Å². The summed E-state index contributed by atoms with van der Waals surface area (Å²) in [7, 11) is 0. The lowest BCUT2D eigenvalue weighted by Crippen LogP contribution is -2.63. The Balaban J connectivity index is 1.59. The molecule has 0 bridgehead atoms. The van der Waals surface area contributed by atoms with E-state index in [-0.39, 0.29) is 12.5 Å². The van der Waals surface area contributed by atoms with Gasteiger partial charge in [0.2, 0.25) is 5.91 Å². The highest BCUT2D eigenvalue weighted by Gasteiger charge is 2.44. The number of carbonyl (C=O) groups is 1. The Morgan fingerprint density at radius 3 is 2.57 bits per heavy atom. The lowest BCUT2D eigenvalue weighted by Gasteiger charge is -2.46. The van der Waals surface area contributed by atoms with Gasteiger partial charge in [-0.15, -0.1) is 0 Å². The molecule has 1 aromatic rings. The first-order valence-electron chi connectivity index (χ1n) is 11.0. The van der Waals surface area contributed by atoms with Crippen LogP contribution in [0.5, 0.6) is 0 Å². The van der Waals surface area contributed by atoms with Crippen LogP contribution in [0.25, 0.3) is 0 Å². The van der Waals surface area contributed by atoms with E-state index < -0.39 is 11.7 Å². The molecule has 156 valence electrons. The molecule has 0 radical (unpaired) electrons. The molecule has 28 heavy (non-hydrogen) atoms. The van der Waals surface area contributed by atoms with Gasteiger partial charge in [-0.1, -0.05) is 56.5 Å². The Morgan fingerprint density at radius 1 is 1.18 bits per heavy atom. The largest absolute Gasteiger partial charge is 0.390 e. The van der Waals surface area contributed by atoms with Gasteiger partial charge in [0.15, 0.2) is 0 Å². The van der Waals surface area contributed by atoms with Crippen LogP contribution in [0.2, 0.25) is 0 Å². The van der Waals surface area contributed by atoms with Crippen LogP contribution in [0.15, 0.2) is 30.3 Å². The number of likely N-dealkylation sites (N-methyl/N-ethyl adjacent to an activating group) is 1. The number of likely N-dealkylation sites (tertiary alicyclic amines) is 1. The number of aliphatic hydroxyl groups excluding tert-OH is 1. The Labute approximate surface area is 169 Å². The van der Waals surface area contributed by atoms with Crippen molar-refractivity contribution in [2.24, 2.45) is 0 Å². The van der Waals surface area contributed by atoms with Gasteiger partial charge in [-0.2, -0.15) is 0 Å². The second-order valence-corrected chi connectivity index (χ2v) is 8.56. The molecule has 2 aliphatic rings. The van der Waals surface area contributed by atoms with Crippen LogP contribution in [0.1, 0.15) is 57.4 Å². The summed E-state index contributed by atoms with van der Waals surface area (Å²) < 4.78 is 0. The fraction of sp³-hybridized carbons (Fsp3) is 0.696. The van der Waals surface area contributed by atoms with Crippen LogP contribution < -0.4 is 0 Å². The van der Waals surface area contributed by atoms with Crippen molar-refractivity contribution in [1.29, 1.82) is 0 Å². The molecule has 0 aromatic heterocycles. The summed E-state index contributed by atoms with van der Waals surface area (Å²) in [4.78, 5) is 16.8. The zero-order valence-electron chi connectivity index (χ0n) is 17.2. The standard InChI is InChI=1S/C23H36N2O3/c1-2-24(20-11-7-4-8-12-20)17-23(28)18-25(16-15-21(23)26)22(27)14-13-19-9-5-3-6-10-19/h3,5-6,9-10,20-21,26,28H,2,4,7-8,11-18H2,1H3/t21-,23+/m0/s1. The van der Waals surface area contributed by atoms with E-state index in [1.165, 1.54) is 32.1 Å². The highest BCUT2D eigenvalue weighted by atomic mass is 16.3. The number of aliphatic hydroxyl groups is 2. The predicted molar refractivity (Wildman–Crippen MR) is 111 cm³/mol. The summed E-state index contributed by atoms with van der Waals surface area (Å²) >= 11 is 0. The number of benzene rings is 1. The third-order valence-corrected chi connectivity index (χ3v) is 6.55. The number of carbonyl (C=O) groups excluding carboxylic acids is 1. The smallest absolute Gasteiger partial charge is 0.223 e. The number of nitrogens with zero attached hydrogens (tertiary/aromatic N) is 2. The topological polar surface area (TPSA) is 64.0 Å². The molecule has 5 heteroatoms. The molecule has 5 nitrogen and oxygen atoms in total. The summed E-state index contributed by atoms with van der Waals surface area (Å²) in [5.74, 6) is 0.0647. The number of amides is 1.